The normalized spacial score (nSPS) is 23.7. The number of allylic oxidation sites excluding steroid dienone is 1. The van der Waals surface area contributed by atoms with Crippen LogP contribution in [0, 0.1) is 11.8 Å². The van der Waals surface area contributed by atoms with Gasteiger partial charge in [0.1, 0.15) is 40.9 Å². The summed E-state index contributed by atoms with van der Waals surface area (Å²) in [5, 5.41) is 14.5. The number of nitrogens with zero attached hydrogens (tertiary/aromatic N) is 5. The van der Waals surface area contributed by atoms with Crippen LogP contribution in [-0.2, 0) is 36.2 Å². The van der Waals surface area contributed by atoms with Gasteiger partial charge in [-0.3, -0.25) is 38.9 Å². The molecule has 4 fully saturated rings. The number of ether oxygens (including phenoxy) is 2. The summed E-state index contributed by atoms with van der Waals surface area (Å²) in [6.07, 6.45) is 8.22. The standard InChI is InChI=1S/C39H49N9O9S2/c1-6-7-8-24-19-39(24,35(52)46-59(54,55)38(4)13-14-38)44-33(50)30-18-26(20-48(30)34(51)31(23-9-10-23)42-32(49)27-12-16-47(5)45-27)57-25-11-15-40-28(17-25)29-21-58-36(41-29)43-37(53)56-22(2)3/h7-8,11-12,15-17,21-24,26,30-31H,6,9-10,13-14,18-20H2,1-5H3,(H,42,49)(H,44,50)(H,46,52)(H,41,43,53)/b8-7-/t24-,26-,30+,31+,39-/m1/s1. The number of thiazole rings is 1. The molecule has 20 heteroatoms. The molecule has 1 saturated heterocycles. The molecule has 59 heavy (non-hydrogen) atoms. The molecule has 4 heterocycles. The molecule has 4 aliphatic rings. The Morgan fingerprint density at radius 3 is 2.54 bits per heavy atom. The number of pyridine rings is 1. The third kappa shape index (κ3) is 9.27. The van der Waals surface area contributed by atoms with Crippen LogP contribution >= 0.6 is 11.3 Å². The minimum Gasteiger partial charge on any atom is -0.488 e. The average molecular weight is 852 g/mol. The highest BCUT2D eigenvalue weighted by molar-refractivity contribution is 7.91. The summed E-state index contributed by atoms with van der Waals surface area (Å²) in [5.74, 6) is -2.76. The number of rotatable bonds is 16. The molecule has 7 rings (SSSR count). The number of aromatic nitrogens is 4. The van der Waals surface area contributed by atoms with Crippen molar-refractivity contribution in [3.63, 3.8) is 0 Å². The smallest absolute Gasteiger partial charge is 0.413 e. The zero-order chi connectivity index (χ0) is 42.3. The van der Waals surface area contributed by atoms with Crippen LogP contribution in [0.4, 0.5) is 9.93 Å². The molecular weight excluding hydrogens is 803 g/mol. The lowest BCUT2D eigenvalue weighted by Gasteiger charge is -2.30. The lowest BCUT2D eigenvalue weighted by molar-refractivity contribution is -0.141. The largest absolute Gasteiger partial charge is 0.488 e. The third-order valence-corrected chi connectivity index (χ3v) is 13.9. The number of amides is 5. The van der Waals surface area contributed by atoms with Crippen molar-refractivity contribution in [1.29, 1.82) is 0 Å². The van der Waals surface area contributed by atoms with E-state index >= 15 is 0 Å². The Morgan fingerprint density at radius 2 is 1.88 bits per heavy atom. The fourth-order valence-electron chi connectivity index (χ4n) is 7.08. The van der Waals surface area contributed by atoms with Gasteiger partial charge in [0.05, 0.1) is 23.1 Å². The van der Waals surface area contributed by atoms with Crippen molar-refractivity contribution in [2.75, 3.05) is 11.9 Å². The predicted molar refractivity (Wildman–Crippen MR) is 215 cm³/mol. The van der Waals surface area contributed by atoms with E-state index in [1.165, 1.54) is 27.1 Å². The molecule has 0 aromatic carbocycles. The molecule has 4 N–H and O–H groups in total. The van der Waals surface area contributed by atoms with Gasteiger partial charge in [-0.15, -0.1) is 11.3 Å². The summed E-state index contributed by atoms with van der Waals surface area (Å²) in [6.45, 7) is 6.93. The van der Waals surface area contributed by atoms with Crippen LogP contribution in [0.25, 0.3) is 11.4 Å². The van der Waals surface area contributed by atoms with Crippen molar-refractivity contribution >= 4 is 56.2 Å². The summed E-state index contributed by atoms with van der Waals surface area (Å²) in [4.78, 5) is 78.5. The Bertz CT molecular complexity index is 2270. The molecule has 3 aliphatic carbocycles. The SMILES string of the molecule is CC/C=C\[C@@H]1C[C@]1(NC(=O)[C@@H]1C[C@@H](Oc2ccnc(-c3csc(NC(=O)OC(C)C)n3)c2)CN1C(=O)[C@@H](NC(=O)c1ccn(C)n1)C1CC1)C(=O)NS(=O)(=O)C1(C)CC1. The van der Waals surface area contributed by atoms with Crippen LogP contribution in [0.15, 0.2) is 48.1 Å². The van der Waals surface area contributed by atoms with Crippen molar-refractivity contribution in [3.05, 3.63) is 53.8 Å². The number of anilines is 1. The number of hydrogen-bond acceptors (Lipinski definition) is 13. The van der Waals surface area contributed by atoms with Gasteiger partial charge in [0.25, 0.3) is 11.8 Å². The minimum absolute atomic E-state index is 0.0209. The van der Waals surface area contributed by atoms with Crippen LogP contribution < -0.4 is 25.4 Å². The van der Waals surface area contributed by atoms with Gasteiger partial charge in [0, 0.05) is 43.2 Å². The number of nitrogens with one attached hydrogen (secondary N) is 4. The van der Waals surface area contributed by atoms with Crippen molar-refractivity contribution in [2.24, 2.45) is 18.9 Å². The van der Waals surface area contributed by atoms with E-state index in [2.05, 4.69) is 35.7 Å². The molecule has 5 atom stereocenters. The number of carbonyl (C=O) groups excluding carboxylic acids is 5. The second kappa shape index (κ2) is 16.4. The summed E-state index contributed by atoms with van der Waals surface area (Å²) in [7, 11) is -2.34. The molecule has 0 radical (unpaired) electrons. The molecule has 3 aromatic rings. The van der Waals surface area contributed by atoms with E-state index in [0.29, 0.717) is 54.4 Å². The van der Waals surface area contributed by atoms with Gasteiger partial charge in [-0.1, -0.05) is 19.1 Å². The highest BCUT2D eigenvalue weighted by Crippen LogP contribution is 2.47. The summed E-state index contributed by atoms with van der Waals surface area (Å²) >= 11 is 1.19. The van der Waals surface area contributed by atoms with E-state index in [1.54, 1.807) is 63.7 Å². The highest BCUT2D eigenvalue weighted by atomic mass is 32.2. The Kier molecular flexibility index (Phi) is 11.6. The first-order chi connectivity index (χ1) is 28.0. The average Bonchev–Trinajstić information content (AvgIpc) is 4.13. The first-order valence-electron chi connectivity index (χ1n) is 19.7. The highest BCUT2D eigenvalue weighted by Gasteiger charge is 2.63. The van der Waals surface area contributed by atoms with Gasteiger partial charge in [-0.25, -0.2) is 18.2 Å². The van der Waals surface area contributed by atoms with Gasteiger partial charge >= 0.3 is 6.09 Å². The maximum atomic E-state index is 14.5. The van der Waals surface area contributed by atoms with E-state index in [1.807, 2.05) is 13.0 Å². The Morgan fingerprint density at radius 1 is 1.12 bits per heavy atom. The van der Waals surface area contributed by atoms with Crippen molar-refractivity contribution in [3.8, 4) is 17.1 Å². The van der Waals surface area contributed by atoms with Crippen LogP contribution in [-0.4, -0.2) is 104 Å². The molecule has 0 spiro atoms. The zero-order valence-corrected chi connectivity index (χ0v) is 35.1. The van der Waals surface area contributed by atoms with Gasteiger partial charge < -0.3 is 25.0 Å². The molecule has 3 aromatic heterocycles. The first-order valence-corrected chi connectivity index (χ1v) is 22.1. The topological polar surface area (TPSA) is 233 Å². The lowest BCUT2D eigenvalue weighted by atomic mass is 10.1. The quantitative estimate of drug-likeness (QED) is 0.152. The van der Waals surface area contributed by atoms with Crippen LogP contribution in [0.2, 0.25) is 0 Å². The zero-order valence-electron chi connectivity index (χ0n) is 33.5. The lowest BCUT2D eigenvalue weighted by Crippen LogP contribution is -2.59. The van der Waals surface area contributed by atoms with Gasteiger partial charge in [0.15, 0.2) is 5.13 Å². The van der Waals surface area contributed by atoms with Gasteiger partial charge in [-0.05, 0) is 77.3 Å². The molecule has 0 unspecified atom stereocenters. The Labute approximate surface area is 345 Å². The van der Waals surface area contributed by atoms with E-state index in [9.17, 15) is 32.4 Å². The van der Waals surface area contributed by atoms with Crippen LogP contribution in [0.3, 0.4) is 0 Å². The van der Waals surface area contributed by atoms with E-state index in [-0.39, 0.29) is 37.1 Å². The van der Waals surface area contributed by atoms with E-state index in [0.717, 1.165) is 0 Å². The van der Waals surface area contributed by atoms with E-state index in [4.69, 9.17) is 9.47 Å². The number of likely N-dealkylation sites (tertiary alicyclic amines) is 1. The molecule has 1 aliphatic heterocycles. The molecule has 5 amide bonds. The van der Waals surface area contributed by atoms with Gasteiger partial charge in [-0.2, -0.15) is 5.10 Å². The number of aryl methyl sites for hydroxylation is 1. The van der Waals surface area contributed by atoms with Crippen molar-refractivity contribution in [1.82, 2.24) is 40.0 Å². The predicted octanol–water partition coefficient (Wildman–Crippen LogP) is 3.29. The molecule has 316 valence electrons. The second-order valence-electron chi connectivity index (χ2n) is 16.1. The Hall–Kier alpha value is -5.37. The molecule has 3 saturated carbocycles. The Balaban J connectivity index is 1.13. The summed E-state index contributed by atoms with van der Waals surface area (Å²) < 4.78 is 40.5. The third-order valence-electron chi connectivity index (χ3n) is 11.0. The summed E-state index contributed by atoms with van der Waals surface area (Å²) in [6, 6.07) is 2.72. The number of carbonyl (C=O) groups is 5. The monoisotopic (exact) mass is 851 g/mol. The van der Waals surface area contributed by atoms with Crippen molar-refractivity contribution in [2.45, 2.75) is 107 Å². The summed E-state index contributed by atoms with van der Waals surface area (Å²) in [5.41, 5.74) is -0.505. The maximum Gasteiger partial charge on any atom is 0.413 e. The van der Waals surface area contributed by atoms with Crippen LogP contribution in [0.5, 0.6) is 5.75 Å². The number of sulfonamides is 1. The van der Waals surface area contributed by atoms with Gasteiger partial charge in [0.2, 0.25) is 21.8 Å². The fraction of sp³-hybridized carbons (Fsp3) is 0.538. The van der Waals surface area contributed by atoms with Crippen molar-refractivity contribution < 1.29 is 41.9 Å². The minimum atomic E-state index is -4.01. The molecule has 0 bridgehead atoms. The molecular formula is C39H49N9O9S2. The second-order valence-corrected chi connectivity index (χ2v) is 19.2. The molecule has 18 nitrogen and oxygen atoms in total. The fourth-order valence-corrected chi connectivity index (χ4v) is 9.08. The maximum absolute atomic E-state index is 14.5. The van der Waals surface area contributed by atoms with Crippen LogP contribution in [0.1, 0.15) is 83.1 Å². The van der Waals surface area contributed by atoms with E-state index < -0.39 is 74.1 Å². The number of hydrogen-bond donors (Lipinski definition) is 4. The first kappa shape index (κ1) is 41.8.